The van der Waals surface area contributed by atoms with E-state index < -0.39 is 5.82 Å². The number of hydrogen-bond donors (Lipinski definition) is 1. The van der Waals surface area contributed by atoms with Gasteiger partial charge in [0.1, 0.15) is 22.4 Å². The summed E-state index contributed by atoms with van der Waals surface area (Å²) in [5.41, 5.74) is 3.39. The SMILES string of the molecule is COc1nc(N2CCCOCC2)c2c(OC)nc(-c3c(C4CC4)c(Cl)cc4[nH]ncc34)c(F)c2n1.F/C=C1/CC2CCCN2C1. The number of ether oxygens (including phenoxy) is 3. The summed E-state index contributed by atoms with van der Waals surface area (Å²) in [6.07, 6.45) is 8.82. The van der Waals surface area contributed by atoms with Crippen LogP contribution in [-0.4, -0.2) is 89.7 Å². The fourth-order valence-corrected chi connectivity index (χ4v) is 7.19. The Kier molecular flexibility index (Phi) is 8.45. The average Bonchev–Trinajstić information content (AvgIpc) is 3.54. The zero-order valence-corrected chi connectivity index (χ0v) is 26.2. The highest BCUT2D eigenvalue weighted by molar-refractivity contribution is 6.33. The molecule has 3 saturated heterocycles. The van der Waals surface area contributed by atoms with Crippen LogP contribution in [0.3, 0.4) is 0 Å². The Morgan fingerprint density at radius 1 is 1.07 bits per heavy atom. The molecule has 6 heterocycles. The Labute approximate surface area is 264 Å². The van der Waals surface area contributed by atoms with Gasteiger partial charge < -0.3 is 19.1 Å². The van der Waals surface area contributed by atoms with Gasteiger partial charge in [0.25, 0.3) is 0 Å². The number of methoxy groups -OCH3 is 2. The second-order valence-electron chi connectivity index (χ2n) is 12.0. The molecule has 4 aliphatic rings. The summed E-state index contributed by atoms with van der Waals surface area (Å²) < 4.78 is 45.2. The van der Waals surface area contributed by atoms with E-state index in [-0.39, 0.29) is 29.0 Å². The first kappa shape index (κ1) is 30.1. The number of pyridine rings is 1. The molecule has 1 saturated carbocycles. The molecule has 0 amide bonds. The van der Waals surface area contributed by atoms with Crippen molar-refractivity contribution in [1.82, 2.24) is 30.0 Å². The van der Waals surface area contributed by atoms with E-state index in [0.29, 0.717) is 59.7 Å². The number of anilines is 1. The van der Waals surface area contributed by atoms with Crippen LogP contribution in [0.4, 0.5) is 14.6 Å². The smallest absolute Gasteiger partial charge is 0.318 e. The lowest BCUT2D eigenvalue weighted by Gasteiger charge is -2.24. The first-order chi connectivity index (χ1) is 22.0. The number of hydrogen-bond acceptors (Lipinski definition) is 9. The summed E-state index contributed by atoms with van der Waals surface area (Å²) in [4.78, 5) is 18.1. The van der Waals surface area contributed by atoms with Crippen LogP contribution in [0.2, 0.25) is 5.02 Å². The number of halogens is 3. The van der Waals surface area contributed by atoms with Crippen LogP contribution in [0.5, 0.6) is 11.9 Å². The maximum Gasteiger partial charge on any atom is 0.318 e. The van der Waals surface area contributed by atoms with Crippen LogP contribution >= 0.6 is 11.6 Å². The van der Waals surface area contributed by atoms with Crippen molar-refractivity contribution in [2.75, 3.05) is 58.5 Å². The number of fused-ring (bicyclic) bond motifs is 3. The Morgan fingerprint density at radius 3 is 2.69 bits per heavy atom. The van der Waals surface area contributed by atoms with E-state index >= 15 is 4.39 Å². The highest BCUT2D eigenvalue weighted by atomic mass is 35.5. The first-order valence-electron chi connectivity index (χ1n) is 15.5. The first-order valence-corrected chi connectivity index (χ1v) is 15.9. The predicted molar refractivity (Wildman–Crippen MR) is 169 cm³/mol. The van der Waals surface area contributed by atoms with Crippen LogP contribution in [0, 0.1) is 5.82 Å². The van der Waals surface area contributed by atoms with Crippen LogP contribution in [0.1, 0.15) is 50.0 Å². The molecule has 0 bridgehead atoms. The van der Waals surface area contributed by atoms with E-state index in [0.717, 1.165) is 55.1 Å². The van der Waals surface area contributed by atoms with Gasteiger partial charge in [0.05, 0.1) is 38.9 Å². The molecule has 0 spiro atoms. The Balaban J connectivity index is 0.000000275. The summed E-state index contributed by atoms with van der Waals surface area (Å²) in [6, 6.07) is 2.59. The Morgan fingerprint density at radius 2 is 1.93 bits per heavy atom. The number of rotatable bonds is 5. The predicted octanol–water partition coefficient (Wildman–Crippen LogP) is 6.19. The minimum Gasteiger partial charge on any atom is -0.480 e. The van der Waals surface area contributed by atoms with E-state index in [4.69, 9.17) is 25.8 Å². The van der Waals surface area contributed by atoms with Crippen LogP contribution in [0.15, 0.2) is 24.2 Å². The lowest BCUT2D eigenvalue weighted by molar-refractivity contribution is 0.152. The number of benzene rings is 1. The zero-order valence-electron chi connectivity index (χ0n) is 25.4. The van der Waals surface area contributed by atoms with Gasteiger partial charge >= 0.3 is 6.01 Å². The van der Waals surface area contributed by atoms with Crippen molar-refractivity contribution in [3.05, 3.63) is 40.6 Å². The highest BCUT2D eigenvalue weighted by Gasteiger charge is 2.34. The number of aromatic nitrogens is 5. The Bertz CT molecular complexity index is 1740. The van der Waals surface area contributed by atoms with Gasteiger partial charge in [-0.25, -0.2) is 13.8 Å². The molecule has 1 unspecified atom stereocenters. The van der Waals surface area contributed by atoms with Crippen molar-refractivity contribution in [2.24, 2.45) is 0 Å². The third kappa shape index (κ3) is 5.68. The fourth-order valence-electron chi connectivity index (χ4n) is 6.84. The molecular weight excluding hydrogens is 604 g/mol. The molecule has 13 heteroatoms. The third-order valence-corrected chi connectivity index (χ3v) is 9.44. The molecule has 4 fully saturated rings. The fraction of sp³-hybridized carbons (Fsp3) is 0.500. The van der Waals surface area contributed by atoms with Crippen LogP contribution in [0.25, 0.3) is 33.1 Å². The van der Waals surface area contributed by atoms with Crippen molar-refractivity contribution in [3.63, 3.8) is 0 Å². The van der Waals surface area contributed by atoms with Crippen molar-refractivity contribution in [2.45, 2.75) is 50.5 Å². The van der Waals surface area contributed by atoms with Crippen molar-refractivity contribution >= 4 is 39.2 Å². The Hall–Kier alpha value is -3.61. The third-order valence-electron chi connectivity index (χ3n) is 9.13. The maximum absolute atomic E-state index is 16.5. The lowest BCUT2D eigenvalue weighted by Crippen LogP contribution is -2.27. The molecule has 1 aromatic carbocycles. The van der Waals surface area contributed by atoms with Crippen LogP contribution in [-0.2, 0) is 4.74 Å². The molecule has 1 aliphatic carbocycles. The second-order valence-corrected chi connectivity index (χ2v) is 12.4. The lowest BCUT2D eigenvalue weighted by atomic mass is 9.95. The molecule has 3 aromatic heterocycles. The number of nitrogens with zero attached hydrogens (tertiary/aromatic N) is 6. The van der Waals surface area contributed by atoms with E-state index in [1.165, 1.54) is 33.6 Å². The average molecular weight is 640 g/mol. The molecular formula is C32H36ClF2N7O3. The normalized spacial score (nSPS) is 21.2. The number of H-pyrrole nitrogens is 1. The monoisotopic (exact) mass is 639 g/mol. The molecule has 10 nitrogen and oxygen atoms in total. The number of nitrogens with one attached hydrogen (secondary N) is 1. The van der Waals surface area contributed by atoms with Gasteiger partial charge in [-0.3, -0.25) is 10.00 Å². The van der Waals surface area contributed by atoms with Crippen molar-refractivity contribution in [3.8, 4) is 23.1 Å². The molecule has 8 rings (SSSR count). The topological polar surface area (TPSA) is 102 Å². The summed E-state index contributed by atoms with van der Waals surface area (Å²) in [5, 5.41) is 8.81. The quantitative estimate of drug-likeness (QED) is 0.274. The van der Waals surface area contributed by atoms with Crippen LogP contribution < -0.4 is 14.4 Å². The van der Waals surface area contributed by atoms with E-state index in [2.05, 4.69) is 30.0 Å². The standard InChI is InChI=1S/C24H24ClFN6O3.C8H12FN/c1-33-23-18-21(29-24(34-2)30-22(18)32-6-3-8-35-9-7-32)19(26)20(28-23)17-13-11-27-31-15(13)10-14(25)16(17)12-4-5-12;9-5-7-4-8-2-1-3-10(8)6-7/h10-12H,3-9H2,1-2H3,(H,27,31);5,8H,1-4,6H2/b;7-5-. The molecule has 3 aliphatic heterocycles. The molecule has 4 aromatic rings. The van der Waals surface area contributed by atoms with E-state index in [9.17, 15) is 4.39 Å². The van der Waals surface area contributed by atoms with Gasteiger partial charge in [-0.05, 0) is 68.2 Å². The minimum absolute atomic E-state index is 0.0673. The summed E-state index contributed by atoms with van der Waals surface area (Å²) >= 11 is 6.69. The summed E-state index contributed by atoms with van der Waals surface area (Å²) in [5.74, 6) is 0.402. The summed E-state index contributed by atoms with van der Waals surface area (Å²) in [6.45, 7) is 4.55. The van der Waals surface area contributed by atoms with Gasteiger partial charge in [-0.15, -0.1) is 0 Å². The number of aromatic amines is 1. The van der Waals surface area contributed by atoms with Gasteiger partial charge in [-0.2, -0.15) is 15.1 Å². The van der Waals surface area contributed by atoms with E-state index in [1.807, 2.05) is 11.0 Å². The molecule has 0 radical (unpaired) electrons. The van der Waals surface area contributed by atoms with Gasteiger partial charge in [0.15, 0.2) is 5.82 Å². The molecule has 1 N–H and O–H groups in total. The van der Waals surface area contributed by atoms with Crippen molar-refractivity contribution < 1.29 is 23.0 Å². The molecule has 1 atom stereocenters. The summed E-state index contributed by atoms with van der Waals surface area (Å²) in [7, 11) is 2.97. The van der Waals surface area contributed by atoms with E-state index in [1.54, 1.807) is 6.20 Å². The molecule has 45 heavy (non-hydrogen) atoms. The second kappa shape index (κ2) is 12.6. The van der Waals surface area contributed by atoms with Gasteiger partial charge in [-0.1, -0.05) is 11.6 Å². The highest BCUT2D eigenvalue weighted by Crippen LogP contribution is 2.51. The largest absolute Gasteiger partial charge is 0.480 e. The minimum atomic E-state index is -0.583. The molecule has 238 valence electrons. The maximum atomic E-state index is 16.5. The zero-order chi connectivity index (χ0) is 31.1. The van der Waals surface area contributed by atoms with Gasteiger partial charge in [0.2, 0.25) is 5.88 Å². The van der Waals surface area contributed by atoms with Crippen molar-refractivity contribution in [1.29, 1.82) is 0 Å². The van der Waals surface area contributed by atoms with Gasteiger partial charge in [0, 0.05) is 48.3 Å².